The van der Waals surface area contributed by atoms with Gasteiger partial charge in [-0.3, -0.25) is 19.3 Å². The number of rotatable bonds is 9. The van der Waals surface area contributed by atoms with E-state index in [4.69, 9.17) is 9.94 Å². The Kier molecular flexibility index (Phi) is 7.54. The molecule has 6 nitrogen and oxygen atoms in total. The van der Waals surface area contributed by atoms with Gasteiger partial charge in [-0.05, 0) is 25.8 Å². The van der Waals surface area contributed by atoms with Crippen LogP contribution in [0.15, 0.2) is 0 Å². The summed E-state index contributed by atoms with van der Waals surface area (Å²) < 4.78 is 0. The van der Waals surface area contributed by atoms with Gasteiger partial charge in [-0.25, -0.2) is 5.06 Å². The monoisotopic (exact) mass is 286 g/mol. The smallest absolute Gasteiger partial charge is 0.307 e. The molecule has 0 bridgehead atoms. The zero-order chi connectivity index (χ0) is 15.0. The van der Waals surface area contributed by atoms with Gasteiger partial charge in [0.1, 0.15) is 0 Å². The molecule has 0 aromatic rings. The zero-order valence-corrected chi connectivity index (χ0v) is 12.5. The maximum Gasteiger partial charge on any atom is 0.307 e. The Labute approximate surface area is 120 Å². The lowest BCUT2D eigenvalue weighted by atomic mass is 10.1. The number of hydrogen-bond acceptors (Lipinski definition) is 4. The molecule has 1 atom stereocenters. The van der Waals surface area contributed by atoms with Crippen LogP contribution in [0.25, 0.3) is 0 Å². The molecule has 116 valence electrons. The maximum absolute atomic E-state index is 12.2. The van der Waals surface area contributed by atoms with E-state index in [1.165, 1.54) is 5.06 Å². The Morgan fingerprint density at radius 3 is 2.65 bits per heavy atom. The van der Waals surface area contributed by atoms with E-state index in [0.717, 1.165) is 19.3 Å². The highest BCUT2D eigenvalue weighted by Gasteiger charge is 2.30. The van der Waals surface area contributed by atoms with Crippen LogP contribution in [0.1, 0.15) is 39.5 Å². The SMILES string of the molecule is CCCCN(OCCC)C(=O)CN1CCC(C(=O)O)C1. The van der Waals surface area contributed by atoms with Gasteiger partial charge in [-0.2, -0.15) is 0 Å². The molecular formula is C14H26N2O4. The fourth-order valence-electron chi connectivity index (χ4n) is 2.21. The van der Waals surface area contributed by atoms with Crippen LogP contribution in [-0.4, -0.2) is 59.7 Å². The quantitative estimate of drug-likeness (QED) is 0.648. The number of hydrogen-bond donors (Lipinski definition) is 1. The lowest BCUT2D eigenvalue weighted by Gasteiger charge is -2.24. The Hall–Kier alpha value is -1.14. The molecule has 1 saturated heterocycles. The summed E-state index contributed by atoms with van der Waals surface area (Å²) in [5.41, 5.74) is 0. The Balaban J connectivity index is 2.42. The molecule has 0 aromatic heterocycles. The van der Waals surface area contributed by atoms with Crippen molar-refractivity contribution >= 4 is 11.9 Å². The van der Waals surface area contributed by atoms with Crippen molar-refractivity contribution in [2.24, 2.45) is 5.92 Å². The van der Waals surface area contributed by atoms with Crippen molar-refractivity contribution in [1.82, 2.24) is 9.96 Å². The van der Waals surface area contributed by atoms with Crippen LogP contribution in [-0.2, 0) is 14.4 Å². The van der Waals surface area contributed by atoms with Gasteiger partial charge in [-0.15, -0.1) is 0 Å². The number of unbranched alkanes of at least 4 members (excludes halogenated alkanes) is 1. The van der Waals surface area contributed by atoms with E-state index in [0.29, 0.717) is 32.7 Å². The van der Waals surface area contributed by atoms with Gasteiger partial charge in [0.2, 0.25) is 0 Å². The van der Waals surface area contributed by atoms with E-state index in [2.05, 4.69) is 6.92 Å². The van der Waals surface area contributed by atoms with E-state index in [9.17, 15) is 9.59 Å². The summed E-state index contributed by atoms with van der Waals surface area (Å²) in [6.45, 7) is 6.57. The summed E-state index contributed by atoms with van der Waals surface area (Å²) in [5.74, 6) is -1.19. The number of likely N-dealkylation sites (tertiary alicyclic amines) is 1. The fourth-order valence-corrected chi connectivity index (χ4v) is 2.21. The molecule has 1 amide bonds. The number of hydroxylamine groups is 2. The van der Waals surface area contributed by atoms with Gasteiger partial charge in [-0.1, -0.05) is 20.3 Å². The predicted octanol–water partition coefficient (Wildman–Crippen LogP) is 1.36. The van der Waals surface area contributed by atoms with Crippen molar-refractivity contribution in [3.05, 3.63) is 0 Å². The molecule has 0 spiro atoms. The highest BCUT2D eigenvalue weighted by Crippen LogP contribution is 2.16. The topological polar surface area (TPSA) is 70.1 Å². The minimum Gasteiger partial charge on any atom is -0.481 e. The van der Waals surface area contributed by atoms with Gasteiger partial charge in [0.25, 0.3) is 5.91 Å². The molecule has 1 heterocycles. The summed E-state index contributed by atoms with van der Waals surface area (Å²) >= 11 is 0. The molecule has 0 radical (unpaired) electrons. The molecule has 20 heavy (non-hydrogen) atoms. The predicted molar refractivity (Wildman–Crippen MR) is 75.0 cm³/mol. The van der Waals surface area contributed by atoms with E-state index < -0.39 is 5.97 Å². The second-order valence-electron chi connectivity index (χ2n) is 5.24. The molecule has 1 rings (SSSR count). The molecule has 0 saturated carbocycles. The first kappa shape index (κ1) is 16.9. The van der Waals surface area contributed by atoms with Gasteiger partial charge >= 0.3 is 5.97 Å². The van der Waals surface area contributed by atoms with Crippen molar-refractivity contribution in [1.29, 1.82) is 0 Å². The minimum atomic E-state index is -0.773. The van der Waals surface area contributed by atoms with Crippen molar-refractivity contribution in [3.8, 4) is 0 Å². The number of amides is 1. The van der Waals surface area contributed by atoms with E-state index in [-0.39, 0.29) is 18.4 Å². The summed E-state index contributed by atoms with van der Waals surface area (Å²) in [7, 11) is 0. The average Bonchev–Trinajstić information content (AvgIpc) is 2.87. The second-order valence-corrected chi connectivity index (χ2v) is 5.24. The first-order chi connectivity index (χ1) is 9.58. The van der Waals surface area contributed by atoms with Crippen molar-refractivity contribution in [2.45, 2.75) is 39.5 Å². The third-order valence-electron chi connectivity index (χ3n) is 3.42. The van der Waals surface area contributed by atoms with Crippen molar-refractivity contribution < 1.29 is 19.5 Å². The van der Waals surface area contributed by atoms with Gasteiger partial charge in [0.15, 0.2) is 0 Å². The van der Waals surface area contributed by atoms with Crippen LogP contribution < -0.4 is 0 Å². The molecular weight excluding hydrogens is 260 g/mol. The highest BCUT2D eigenvalue weighted by molar-refractivity contribution is 5.77. The van der Waals surface area contributed by atoms with Gasteiger partial charge in [0, 0.05) is 13.1 Å². The lowest BCUT2D eigenvalue weighted by molar-refractivity contribution is -0.187. The van der Waals surface area contributed by atoms with Crippen LogP contribution in [0, 0.1) is 5.92 Å². The highest BCUT2D eigenvalue weighted by atomic mass is 16.7. The van der Waals surface area contributed by atoms with Crippen LogP contribution in [0.3, 0.4) is 0 Å². The van der Waals surface area contributed by atoms with Gasteiger partial charge < -0.3 is 5.11 Å². The number of carbonyl (C=O) groups is 2. The molecule has 1 aliphatic heterocycles. The normalized spacial score (nSPS) is 19.2. The number of carboxylic acids is 1. The van der Waals surface area contributed by atoms with Crippen LogP contribution in [0.4, 0.5) is 0 Å². The second kappa shape index (κ2) is 8.92. The average molecular weight is 286 g/mol. The first-order valence-electron chi connectivity index (χ1n) is 7.46. The summed E-state index contributed by atoms with van der Waals surface area (Å²) in [6.07, 6.45) is 3.39. The fraction of sp³-hybridized carbons (Fsp3) is 0.857. The van der Waals surface area contributed by atoms with Crippen LogP contribution in [0.2, 0.25) is 0 Å². The molecule has 1 fully saturated rings. The molecule has 1 N–H and O–H groups in total. The van der Waals surface area contributed by atoms with Crippen molar-refractivity contribution in [2.75, 3.05) is 32.8 Å². The van der Waals surface area contributed by atoms with E-state index in [1.807, 2.05) is 11.8 Å². The molecule has 0 aliphatic carbocycles. The Bertz CT molecular complexity index is 314. The van der Waals surface area contributed by atoms with Crippen LogP contribution in [0.5, 0.6) is 0 Å². The molecule has 1 aliphatic rings. The lowest BCUT2D eigenvalue weighted by Crippen LogP contribution is -2.40. The number of aliphatic carboxylic acids is 1. The molecule has 6 heteroatoms. The molecule has 0 aromatic carbocycles. The Morgan fingerprint density at radius 1 is 1.35 bits per heavy atom. The summed E-state index contributed by atoms with van der Waals surface area (Å²) in [5, 5.41) is 10.4. The standard InChI is InChI=1S/C14H26N2O4/c1-3-5-7-16(20-9-4-2)13(17)11-15-8-6-12(10-15)14(18)19/h12H,3-11H2,1-2H3,(H,18,19). The first-order valence-corrected chi connectivity index (χ1v) is 7.46. The van der Waals surface area contributed by atoms with E-state index in [1.54, 1.807) is 0 Å². The third-order valence-corrected chi connectivity index (χ3v) is 3.42. The third kappa shape index (κ3) is 5.46. The van der Waals surface area contributed by atoms with E-state index >= 15 is 0 Å². The summed E-state index contributed by atoms with van der Waals surface area (Å²) in [4.78, 5) is 30.5. The largest absolute Gasteiger partial charge is 0.481 e. The van der Waals surface area contributed by atoms with Gasteiger partial charge in [0.05, 0.1) is 19.1 Å². The maximum atomic E-state index is 12.2. The summed E-state index contributed by atoms with van der Waals surface area (Å²) in [6, 6.07) is 0. The number of nitrogens with zero attached hydrogens (tertiary/aromatic N) is 2. The zero-order valence-electron chi connectivity index (χ0n) is 12.5. The van der Waals surface area contributed by atoms with Crippen LogP contribution >= 0.6 is 0 Å². The molecule has 1 unspecified atom stereocenters. The number of carbonyl (C=O) groups excluding carboxylic acids is 1. The number of carboxylic acid groups (broad SMARTS) is 1. The Morgan fingerprint density at radius 2 is 2.10 bits per heavy atom. The van der Waals surface area contributed by atoms with Crippen molar-refractivity contribution in [3.63, 3.8) is 0 Å². The minimum absolute atomic E-state index is 0.0714.